The van der Waals surface area contributed by atoms with Crippen LogP contribution in [0.2, 0.25) is 0 Å². The molecule has 0 spiro atoms. The van der Waals surface area contributed by atoms with Crippen molar-refractivity contribution < 1.29 is 22.1 Å². The Labute approximate surface area is 193 Å². The summed E-state index contributed by atoms with van der Waals surface area (Å²) < 4.78 is 37.2. The van der Waals surface area contributed by atoms with Gasteiger partial charge in [-0.05, 0) is 30.5 Å². The first-order chi connectivity index (χ1) is 15.5. The molecule has 170 valence electrons. The van der Waals surface area contributed by atoms with E-state index in [1.165, 1.54) is 18.2 Å². The van der Waals surface area contributed by atoms with Crippen LogP contribution in [0, 0.1) is 23.7 Å². The van der Waals surface area contributed by atoms with Crippen molar-refractivity contribution in [1.29, 1.82) is 5.26 Å². The van der Waals surface area contributed by atoms with E-state index in [2.05, 4.69) is 0 Å². The Morgan fingerprint density at radius 3 is 2.45 bits per heavy atom. The molecule has 1 heterocycles. The van der Waals surface area contributed by atoms with Gasteiger partial charge in [-0.25, -0.2) is 0 Å². The highest BCUT2D eigenvalue weighted by Crippen LogP contribution is 2.49. The standard InChI is InChI=1S/C25H24N2O5S/c1-15-8-10-16(11-9-15)33(29,30)32-20-7-5-4-6-17(20)22-18(14-26)24(27)31-21-13-25(2,3)12-19(28)23(21)22/h4-11,22H,12-13,27H2,1-3H3. The van der Waals surface area contributed by atoms with Crippen molar-refractivity contribution in [2.75, 3.05) is 0 Å². The Balaban J connectivity index is 1.84. The molecule has 33 heavy (non-hydrogen) atoms. The Morgan fingerprint density at radius 1 is 1.12 bits per heavy atom. The summed E-state index contributed by atoms with van der Waals surface area (Å²) in [5, 5.41) is 9.84. The van der Waals surface area contributed by atoms with Crippen LogP contribution in [0.3, 0.4) is 0 Å². The van der Waals surface area contributed by atoms with E-state index >= 15 is 0 Å². The van der Waals surface area contributed by atoms with Crippen LogP contribution >= 0.6 is 0 Å². The third-order valence-electron chi connectivity index (χ3n) is 5.81. The second kappa shape index (κ2) is 8.09. The van der Waals surface area contributed by atoms with Gasteiger partial charge >= 0.3 is 10.1 Å². The summed E-state index contributed by atoms with van der Waals surface area (Å²) in [7, 11) is -4.15. The van der Waals surface area contributed by atoms with Gasteiger partial charge in [-0.2, -0.15) is 13.7 Å². The first kappa shape index (κ1) is 22.6. The Morgan fingerprint density at radius 2 is 1.79 bits per heavy atom. The van der Waals surface area contributed by atoms with Gasteiger partial charge in [0.05, 0.1) is 5.92 Å². The Hall–Kier alpha value is -3.57. The number of nitrogens with two attached hydrogens (primary N) is 1. The van der Waals surface area contributed by atoms with Crippen LogP contribution in [0.25, 0.3) is 0 Å². The van der Waals surface area contributed by atoms with Gasteiger partial charge in [0.2, 0.25) is 5.88 Å². The normalized spacial score (nSPS) is 20.1. The summed E-state index contributed by atoms with van der Waals surface area (Å²) in [5.41, 5.74) is 7.39. The molecule has 0 radical (unpaired) electrons. The lowest BCUT2D eigenvalue weighted by Crippen LogP contribution is -2.33. The average molecular weight is 465 g/mol. The van der Waals surface area contributed by atoms with Crippen LogP contribution in [0.4, 0.5) is 0 Å². The molecule has 0 bridgehead atoms. The minimum atomic E-state index is -4.15. The number of Topliss-reactive ketones (excluding diaryl/α,β-unsaturated/α-hetero) is 1. The quantitative estimate of drug-likeness (QED) is 0.673. The van der Waals surface area contributed by atoms with E-state index in [-0.39, 0.29) is 39.7 Å². The van der Waals surface area contributed by atoms with Gasteiger partial charge in [0.1, 0.15) is 28.0 Å². The lowest BCUT2D eigenvalue weighted by atomic mass is 9.70. The van der Waals surface area contributed by atoms with Crippen molar-refractivity contribution in [3.8, 4) is 11.8 Å². The van der Waals surface area contributed by atoms with Gasteiger partial charge in [0, 0.05) is 24.0 Å². The molecule has 2 aromatic carbocycles. The van der Waals surface area contributed by atoms with E-state index in [1.807, 2.05) is 26.8 Å². The summed E-state index contributed by atoms with van der Waals surface area (Å²) in [6, 6.07) is 14.8. The Bertz CT molecular complexity index is 1350. The number of ether oxygens (including phenoxy) is 1. The fourth-order valence-corrected chi connectivity index (χ4v) is 5.22. The van der Waals surface area contributed by atoms with Crippen LogP contribution < -0.4 is 9.92 Å². The molecule has 8 heteroatoms. The second-order valence-corrected chi connectivity index (χ2v) is 10.6. The highest BCUT2D eigenvalue weighted by molar-refractivity contribution is 7.87. The molecule has 1 atom stereocenters. The molecule has 4 rings (SSSR count). The first-order valence-corrected chi connectivity index (χ1v) is 11.9. The van der Waals surface area contributed by atoms with Crippen molar-refractivity contribution in [2.24, 2.45) is 11.1 Å². The summed E-state index contributed by atoms with van der Waals surface area (Å²) in [4.78, 5) is 13.2. The van der Waals surface area contributed by atoms with Gasteiger partial charge < -0.3 is 14.7 Å². The number of para-hydroxylation sites is 1. The van der Waals surface area contributed by atoms with Crippen molar-refractivity contribution in [3.05, 3.63) is 82.4 Å². The number of nitriles is 1. The predicted molar refractivity (Wildman–Crippen MR) is 121 cm³/mol. The maximum absolute atomic E-state index is 13.2. The first-order valence-electron chi connectivity index (χ1n) is 10.5. The van der Waals surface area contributed by atoms with Crippen molar-refractivity contribution in [3.63, 3.8) is 0 Å². The molecule has 2 aliphatic rings. The van der Waals surface area contributed by atoms with E-state index in [0.29, 0.717) is 23.3 Å². The lowest BCUT2D eigenvalue weighted by molar-refractivity contribution is -0.119. The molecule has 0 amide bonds. The van der Waals surface area contributed by atoms with Crippen LogP contribution in [0.1, 0.15) is 43.7 Å². The maximum Gasteiger partial charge on any atom is 0.339 e. The van der Waals surface area contributed by atoms with Crippen LogP contribution in [-0.4, -0.2) is 14.2 Å². The average Bonchev–Trinajstić information content (AvgIpc) is 2.72. The topological polar surface area (TPSA) is 119 Å². The SMILES string of the molecule is Cc1ccc(S(=O)(=O)Oc2ccccc2C2C(C#N)=C(N)OC3=C2C(=O)CC(C)(C)C3)cc1. The molecule has 7 nitrogen and oxygen atoms in total. The molecule has 0 fully saturated rings. The lowest BCUT2D eigenvalue weighted by Gasteiger charge is -2.37. The maximum atomic E-state index is 13.2. The molecule has 0 saturated heterocycles. The van der Waals surface area contributed by atoms with E-state index in [9.17, 15) is 18.5 Å². The smallest absolute Gasteiger partial charge is 0.339 e. The molecule has 0 saturated carbocycles. The van der Waals surface area contributed by atoms with Crippen LogP contribution in [-0.2, 0) is 19.6 Å². The molecule has 0 aromatic heterocycles. The summed E-state index contributed by atoms with van der Waals surface area (Å²) >= 11 is 0. The van der Waals surface area contributed by atoms with Crippen molar-refractivity contribution in [1.82, 2.24) is 0 Å². The van der Waals surface area contributed by atoms with Gasteiger partial charge in [-0.3, -0.25) is 4.79 Å². The van der Waals surface area contributed by atoms with Gasteiger partial charge in [-0.15, -0.1) is 0 Å². The van der Waals surface area contributed by atoms with E-state index in [4.69, 9.17) is 14.7 Å². The summed E-state index contributed by atoms with van der Waals surface area (Å²) in [6.45, 7) is 5.77. The number of hydrogen-bond donors (Lipinski definition) is 1. The highest BCUT2D eigenvalue weighted by Gasteiger charge is 2.44. The van der Waals surface area contributed by atoms with E-state index in [0.717, 1.165) is 5.56 Å². The number of rotatable bonds is 4. The third kappa shape index (κ3) is 4.24. The Kier molecular flexibility index (Phi) is 5.54. The van der Waals surface area contributed by atoms with Crippen LogP contribution in [0.5, 0.6) is 5.75 Å². The fraction of sp³-hybridized carbons (Fsp3) is 0.280. The molecule has 1 aliphatic carbocycles. The van der Waals surface area contributed by atoms with Gasteiger partial charge in [-0.1, -0.05) is 49.7 Å². The van der Waals surface area contributed by atoms with E-state index in [1.54, 1.807) is 30.3 Å². The number of carbonyl (C=O) groups is 1. The minimum absolute atomic E-state index is 0.000778. The molecule has 1 aliphatic heterocycles. The molecular formula is C25H24N2O5S. The van der Waals surface area contributed by atoms with Crippen LogP contribution in [0.15, 0.2) is 76.2 Å². The number of nitrogens with zero attached hydrogens (tertiary/aromatic N) is 1. The fourth-order valence-electron chi connectivity index (χ4n) is 4.26. The minimum Gasteiger partial charge on any atom is -0.444 e. The van der Waals surface area contributed by atoms with E-state index < -0.39 is 16.0 Å². The number of hydrogen-bond acceptors (Lipinski definition) is 7. The molecular weight excluding hydrogens is 440 g/mol. The monoisotopic (exact) mass is 464 g/mol. The predicted octanol–water partition coefficient (Wildman–Crippen LogP) is 4.21. The number of ketones is 1. The van der Waals surface area contributed by atoms with Crippen molar-refractivity contribution in [2.45, 2.75) is 44.4 Å². The van der Waals surface area contributed by atoms with Gasteiger partial charge in [0.15, 0.2) is 5.78 Å². The number of allylic oxidation sites excluding steroid dienone is 3. The summed E-state index contributed by atoms with van der Waals surface area (Å²) in [5.74, 6) is -0.707. The number of carbonyl (C=O) groups excluding carboxylic acids is 1. The summed E-state index contributed by atoms with van der Waals surface area (Å²) in [6.07, 6.45) is 0.740. The number of aryl methyl sites for hydroxylation is 1. The molecule has 2 aromatic rings. The number of benzene rings is 2. The molecule has 2 N–H and O–H groups in total. The third-order valence-corrected chi connectivity index (χ3v) is 7.06. The van der Waals surface area contributed by atoms with Gasteiger partial charge in [0.25, 0.3) is 0 Å². The highest BCUT2D eigenvalue weighted by atomic mass is 32.2. The zero-order valence-electron chi connectivity index (χ0n) is 18.6. The molecule has 1 unspecified atom stereocenters. The zero-order valence-corrected chi connectivity index (χ0v) is 19.4. The largest absolute Gasteiger partial charge is 0.444 e. The zero-order chi connectivity index (χ0) is 24.0. The second-order valence-electron chi connectivity index (χ2n) is 9.09. The van der Waals surface area contributed by atoms with Crippen molar-refractivity contribution >= 4 is 15.9 Å².